The predicted octanol–water partition coefficient (Wildman–Crippen LogP) is 4.32. The number of rotatable bonds is 7. The van der Waals surface area contributed by atoms with Crippen molar-refractivity contribution in [1.29, 1.82) is 0 Å². The molecule has 1 amide bonds. The summed E-state index contributed by atoms with van der Waals surface area (Å²) in [5.74, 6) is 0.659. The van der Waals surface area contributed by atoms with Gasteiger partial charge < -0.3 is 9.47 Å². The summed E-state index contributed by atoms with van der Waals surface area (Å²) in [6.45, 7) is 0. The Morgan fingerprint density at radius 3 is 2.31 bits per heavy atom. The Kier molecular flexibility index (Phi) is 6.27. The molecule has 7 nitrogen and oxygen atoms in total. The first-order chi connectivity index (χ1) is 15.7. The first-order valence-electron chi connectivity index (χ1n) is 9.95. The third-order valence-corrected chi connectivity index (χ3v) is 4.83. The average Bonchev–Trinajstić information content (AvgIpc) is 3.28. The Hall–Kier alpha value is -4.39. The molecule has 1 aromatic heterocycles. The van der Waals surface area contributed by atoms with E-state index >= 15 is 0 Å². The lowest BCUT2D eigenvalue weighted by atomic mass is 10.1. The van der Waals surface area contributed by atoms with Gasteiger partial charge in [-0.1, -0.05) is 48.5 Å². The summed E-state index contributed by atoms with van der Waals surface area (Å²) in [5, 5.41) is 8.89. The van der Waals surface area contributed by atoms with Crippen molar-refractivity contribution in [2.24, 2.45) is 5.10 Å². The molecule has 0 fully saturated rings. The van der Waals surface area contributed by atoms with Crippen molar-refractivity contribution in [3.8, 4) is 28.4 Å². The molecular weight excluding hydrogens is 404 g/mol. The summed E-state index contributed by atoms with van der Waals surface area (Å²) in [6, 6.07) is 24.6. The molecule has 1 heterocycles. The summed E-state index contributed by atoms with van der Waals surface area (Å²) in [5.41, 5.74) is 6.38. The van der Waals surface area contributed by atoms with E-state index in [1.165, 1.54) is 7.11 Å². The van der Waals surface area contributed by atoms with Crippen LogP contribution in [0.4, 0.5) is 0 Å². The molecule has 0 atom stereocenters. The summed E-state index contributed by atoms with van der Waals surface area (Å²) >= 11 is 0. The molecule has 3 aromatic carbocycles. The monoisotopic (exact) mass is 426 g/mol. The van der Waals surface area contributed by atoms with Gasteiger partial charge in [-0.3, -0.25) is 4.79 Å². The van der Waals surface area contributed by atoms with Gasteiger partial charge in [0.2, 0.25) is 0 Å². The van der Waals surface area contributed by atoms with Gasteiger partial charge in [-0.15, -0.1) is 0 Å². The Morgan fingerprint density at radius 2 is 1.62 bits per heavy atom. The lowest BCUT2D eigenvalue weighted by Gasteiger charge is -2.08. The van der Waals surface area contributed by atoms with Crippen LogP contribution in [0, 0.1) is 0 Å². The SMILES string of the molecule is COc1ccc(C(=O)N/N=C\c2cn(-c3ccccc3)nc2-c2ccccc2)cc1OC. The second-order valence-corrected chi connectivity index (χ2v) is 6.85. The van der Waals surface area contributed by atoms with Crippen LogP contribution in [-0.2, 0) is 0 Å². The maximum atomic E-state index is 12.5. The highest BCUT2D eigenvalue weighted by Crippen LogP contribution is 2.27. The minimum atomic E-state index is -0.362. The molecule has 4 rings (SSSR count). The molecular formula is C25H22N4O3. The number of methoxy groups -OCH3 is 2. The minimum Gasteiger partial charge on any atom is -0.493 e. The summed E-state index contributed by atoms with van der Waals surface area (Å²) in [6.07, 6.45) is 3.47. The molecule has 0 saturated carbocycles. The molecule has 0 spiro atoms. The van der Waals surface area contributed by atoms with Crippen molar-refractivity contribution in [2.45, 2.75) is 0 Å². The van der Waals surface area contributed by atoms with E-state index in [0.29, 0.717) is 17.1 Å². The molecule has 0 aliphatic rings. The van der Waals surface area contributed by atoms with Gasteiger partial charge >= 0.3 is 0 Å². The van der Waals surface area contributed by atoms with E-state index in [4.69, 9.17) is 14.6 Å². The first-order valence-corrected chi connectivity index (χ1v) is 9.95. The quantitative estimate of drug-likeness (QED) is 0.353. The van der Waals surface area contributed by atoms with Crippen molar-refractivity contribution >= 4 is 12.1 Å². The number of ether oxygens (including phenoxy) is 2. The van der Waals surface area contributed by atoms with Gasteiger partial charge in [0, 0.05) is 22.9 Å². The van der Waals surface area contributed by atoms with E-state index in [9.17, 15) is 4.79 Å². The van der Waals surface area contributed by atoms with Crippen molar-refractivity contribution in [3.63, 3.8) is 0 Å². The Balaban J connectivity index is 1.59. The largest absolute Gasteiger partial charge is 0.493 e. The molecule has 0 aliphatic heterocycles. The van der Waals surface area contributed by atoms with Crippen LogP contribution < -0.4 is 14.9 Å². The fourth-order valence-electron chi connectivity index (χ4n) is 3.22. The zero-order chi connectivity index (χ0) is 22.3. The van der Waals surface area contributed by atoms with Crippen LogP contribution in [0.25, 0.3) is 16.9 Å². The van der Waals surface area contributed by atoms with Gasteiger partial charge in [-0.05, 0) is 30.3 Å². The normalized spacial score (nSPS) is 10.8. The van der Waals surface area contributed by atoms with E-state index in [2.05, 4.69) is 10.5 Å². The lowest BCUT2D eigenvalue weighted by molar-refractivity contribution is 0.0954. The van der Waals surface area contributed by atoms with Crippen LogP contribution in [0.1, 0.15) is 15.9 Å². The Bertz CT molecular complexity index is 1230. The smallest absolute Gasteiger partial charge is 0.271 e. The van der Waals surface area contributed by atoms with Crippen LogP contribution in [-0.4, -0.2) is 36.1 Å². The molecule has 0 bridgehead atoms. The molecule has 32 heavy (non-hydrogen) atoms. The van der Waals surface area contributed by atoms with Crippen molar-refractivity contribution < 1.29 is 14.3 Å². The van der Waals surface area contributed by atoms with Crippen LogP contribution in [0.3, 0.4) is 0 Å². The number of nitrogens with one attached hydrogen (secondary N) is 1. The number of benzene rings is 3. The molecule has 0 unspecified atom stereocenters. The van der Waals surface area contributed by atoms with Crippen LogP contribution in [0.5, 0.6) is 11.5 Å². The number of amides is 1. The van der Waals surface area contributed by atoms with E-state index < -0.39 is 0 Å². The van der Waals surface area contributed by atoms with Crippen LogP contribution in [0.2, 0.25) is 0 Å². The van der Waals surface area contributed by atoms with Gasteiger partial charge in [0.15, 0.2) is 11.5 Å². The zero-order valence-electron chi connectivity index (χ0n) is 17.7. The van der Waals surface area contributed by atoms with Gasteiger partial charge in [-0.2, -0.15) is 10.2 Å². The van der Waals surface area contributed by atoms with Crippen molar-refractivity contribution in [1.82, 2.24) is 15.2 Å². The second-order valence-electron chi connectivity index (χ2n) is 6.85. The maximum absolute atomic E-state index is 12.5. The standard InChI is InChI=1S/C25H22N4O3/c1-31-22-14-13-19(15-23(22)32-2)25(30)27-26-16-20-17-29(21-11-7-4-8-12-21)28-24(20)18-9-5-3-6-10-18/h3-17H,1-2H3,(H,27,30)/b26-16-. The van der Waals surface area contributed by atoms with Crippen molar-refractivity contribution in [3.05, 3.63) is 96.2 Å². The van der Waals surface area contributed by atoms with Gasteiger partial charge in [0.25, 0.3) is 5.91 Å². The summed E-state index contributed by atoms with van der Waals surface area (Å²) < 4.78 is 12.3. The molecule has 0 radical (unpaired) electrons. The fraction of sp³-hybridized carbons (Fsp3) is 0.0800. The third kappa shape index (κ3) is 4.52. The van der Waals surface area contributed by atoms with E-state index in [1.807, 2.05) is 66.9 Å². The molecule has 1 N–H and O–H groups in total. The van der Waals surface area contributed by atoms with Crippen LogP contribution >= 0.6 is 0 Å². The minimum absolute atomic E-state index is 0.362. The summed E-state index contributed by atoms with van der Waals surface area (Å²) in [4.78, 5) is 12.5. The highest BCUT2D eigenvalue weighted by atomic mass is 16.5. The van der Waals surface area contributed by atoms with Gasteiger partial charge in [0.05, 0.1) is 26.1 Å². The van der Waals surface area contributed by atoms with Gasteiger partial charge in [-0.25, -0.2) is 10.1 Å². The number of hydrogen-bond donors (Lipinski definition) is 1. The van der Waals surface area contributed by atoms with E-state index in [1.54, 1.807) is 36.2 Å². The number of para-hydroxylation sites is 1. The van der Waals surface area contributed by atoms with Gasteiger partial charge in [0.1, 0.15) is 5.69 Å². The third-order valence-electron chi connectivity index (χ3n) is 4.83. The topological polar surface area (TPSA) is 77.7 Å². The number of hydrogen-bond acceptors (Lipinski definition) is 5. The fourth-order valence-corrected chi connectivity index (χ4v) is 3.22. The summed E-state index contributed by atoms with van der Waals surface area (Å²) in [7, 11) is 3.06. The lowest BCUT2D eigenvalue weighted by Crippen LogP contribution is -2.17. The predicted molar refractivity (Wildman–Crippen MR) is 124 cm³/mol. The number of hydrazone groups is 1. The number of carbonyl (C=O) groups excluding carboxylic acids is 1. The highest BCUT2D eigenvalue weighted by molar-refractivity contribution is 5.96. The molecule has 0 aliphatic carbocycles. The van der Waals surface area contributed by atoms with E-state index in [-0.39, 0.29) is 5.91 Å². The molecule has 160 valence electrons. The number of aromatic nitrogens is 2. The molecule has 4 aromatic rings. The Morgan fingerprint density at radius 1 is 0.938 bits per heavy atom. The zero-order valence-corrected chi connectivity index (χ0v) is 17.7. The maximum Gasteiger partial charge on any atom is 0.271 e. The number of carbonyl (C=O) groups is 1. The highest BCUT2D eigenvalue weighted by Gasteiger charge is 2.12. The molecule has 7 heteroatoms. The van der Waals surface area contributed by atoms with Crippen LogP contribution in [0.15, 0.2) is 90.2 Å². The average molecular weight is 426 g/mol. The van der Waals surface area contributed by atoms with Crippen molar-refractivity contribution in [2.75, 3.05) is 14.2 Å². The number of nitrogens with zero attached hydrogens (tertiary/aromatic N) is 3. The second kappa shape index (κ2) is 9.61. The first kappa shape index (κ1) is 20.9. The Labute approximate surface area is 185 Å². The molecule has 0 saturated heterocycles. The van der Waals surface area contributed by atoms with E-state index in [0.717, 1.165) is 22.5 Å².